The Hall–Kier alpha value is -2.82. The maximum atomic E-state index is 9.42. The smallest absolute Gasteiger partial charge is 0.202 e. The molecule has 2 unspecified atom stereocenters. The lowest BCUT2D eigenvalue weighted by Gasteiger charge is -2.27. The number of ether oxygens (including phenoxy) is 5. The molecule has 3 aliphatic rings. The first kappa shape index (κ1) is 26.2. The minimum atomic E-state index is -1.03. The molecule has 9 heteroatoms. The molecule has 0 bridgehead atoms. The molecule has 2 aromatic carbocycles. The van der Waals surface area contributed by atoms with Crippen LogP contribution in [-0.2, 0) is 31.2 Å². The largest absolute Gasteiger partial charge is 0.457 e. The second kappa shape index (κ2) is 14.1. The molecule has 2 N–H and O–H groups in total. The summed E-state index contributed by atoms with van der Waals surface area (Å²) in [5, 5.41) is 16.2. The molecule has 3 saturated heterocycles. The minimum Gasteiger partial charge on any atom is -0.457 e. The van der Waals surface area contributed by atoms with Crippen LogP contribution in [0.5, 0.6) is 11.5 Å². The van der Waals surface area contributed by atoms with Gasteiger partial charge in [-0.3, -0.25) is 5.10 Å². The molecular weight excluding hydrogens is 462 g/mol. The van der Waals surface area contributed by atoms with Gasteiger partial charge in [-0.25, -0.2) is 4.98 Å². The van der Waals surface area contributed by atoms with Crippen LogP contribution in [-0.4, -0.2) is 66.0 Å². The Morgan fingerprint density at radius 2 is 1.53 bits per heavy atom. The van der Waals surface area contributed by atoms with Gasteiger partial charge in [0.25, 0.3) is 0 Å². The lowest BCUT2D eigenvalue weighted by molar-refractivity contribution is -0.180. The number of H-pyrrole nitrogens is 1. The maximum absolute atomic E-state index is 9.42. The van der Waals surface area contributed by atoms with Gasteiger partial charge in [0.05, 0.1) is 19.6 Å². The average Bonchev–Trinajstić information content (AvgIpc) is 3.74. The van der Waals surface area contributed by atoms with Crippen LogP contribution in [0.2, 0.25) is 0 Å². The van der Waals surface area contributed by atoms with Crippen LogP contribution >= 0.6 is 0 Å². The Morgan fingerprint density at radius 3 is 2.03 bits per heavy atom. The first-order valence-electron chi connectivity index (χ1n) is 12.5. The number of hydrogen-bond acceptors (Lipinski definition) is 8. The van der Waals surface area contributed by atoms with E-state index in [9.17, 15) is 5.11 Å². The van der Waals surface area contributed by atoms with Crippen molar-refractivity contribution in [2.45, 2.75) is 44.0 Å². The van der Waals surface area contributed by atoms with E-state index in [0.717, 1.165) is 37.7 Å². The van der Waals surface area contributed by atoms with E-state index in [1.807, 2.05) is 54.6 Å². The predicted molar refractivity (Wildman–Crippen MR) is 133 cm³/mol. The summed E-state index contributed by atoms with van der Waals surface area (Å²) in [5.74, 6) is 1.03. The van der Waals surface area contributed by atoms with E-state index in [4.69, 9.17) is 23.7 Å². The topological polar surface area (TPSA) is 108 Å². The molecule has 9 nitrogen and oxygen atoms in total. The van der Waals surface area contributed by atoms with E-state index in [1.54, 1.807) is 0 Å². The molecule has 0 amide bonds. The number of para-hydroxylation sites is 1. The van der Waals surface area contributed by atoms with E-state index >= 15 is 0 Å². The number of aliphatic hydroxyl groups is 1. The molecular formula is C27H35N3O6. The lowest BCUT2D eigenvalue weighted by atomic mass is 10.0. The zero-order valence-corrected chi connectivity index (χ0v) is 20.5. The molecule has 36 heavy (non-hydrogen) atoms. The fourth-order valence-electron chi connectivity index (χ4n) is 3.95. The molecule has 0 aliphatic carbocycles. The first-order valence-corrected chi connectivity index (χ1v) is 12.5. The van der Waals surface area contributed by atoms with Crippen molar-refractivity contribution in [3.05, 3.63) is 72.3 Å². The molecule has 0 radical (unpaired) electrons. The number of rotatable bonds is 6. The van der Waals surface area contributed by atoms with E-state index in [2.05, 4.69) is 15.2 Å². The van der Waals surface area contributed by atoms with Gasteiger partial charge >= 0.3 is 0 Å². The fraction of sp³-hybridized carbons (Fsp3) is 0.481. The van der Waals surface area contributed by atoms with Gasteiger partial charge in [0.2, 0.25) is 5.79 Å². The average molecular weight is 498 g/mol. The highest BCUT2D eigenvalue weighted by Gasteiger charge is 2.44. The minimum absolute atomic E-state index is 0.106. The molecule has 4 heterocycles. The van der Waals surface area contributed by atoms with Crippen molar-refractivity contribution in [1.82, 2.24) is 15.2 Å². The van der Waals surface area contributed by atoms with Crippen LogP contribution in [0.4, 0.5) is 0 Å². The summed E-state index contributed by atoms with van der Waals surface area (Å²) in [4.78, 5) is 4.16. The van der Waals surface area contributed by atoms with Crippen molar-refractivity contribution >= 4 is 0 Å². The molecule has 0 spiro atoms. The van der Waals surface area contributed by atoms with E-state index in [0.29, 0.717) is 24.6 Å². The van der Waals surface area contributed by atoms with Crippen molar-refractivity contribution < 1.29 is 28.8 Å². The zero-order valence-electron chi connectivity index (χ0n) is 20.5. The van der Waals surface area contributed by atoms with E-state index in [1.165, 1.54) is 32.0 Å². The van der Waals surface area contributed by atoms with Gasteiger partial charge < -0.3 is 28.8 Å². The van der Waals surface area contributed by atoms with Gasteiger partial charge in [0.1, 0.15) is 23.9 Å². The van der Waals surface area contributed by atoms with Crippen LogP contribution in [0.25, 0.3) is 0 Å². The molecule has 0 saturated carbocycles. The van der Waals surface area contributed by atoms with Gasteiger partial charge in [-0.1, -0.05) is 18.2 Å². The first-order chi connectivity index (χ1) is 17.8. The molecule has 3 aliphatic heterocycles. The molecule has 3 aromatic rings. The second-order valence-corrected chi connectivity index (χ2v) is 8.66. The van der Waals surface area contributed by atoms with Gasteiger partial charge in [-0.2, -0.15) is 5.10 Å². The third-order valence-electron chi connectivity index (χ3n) is 5.85. The molecule has 6 rings (SSSR count). The standard InChI is InChI=1S/C19H19N3O4.2C4H8O/c23-11-17-12-24-19(26-17,10-18-20-13-21-22-18)14-6-8-16(9-7-14)25-15-4-2-1-3-5-15;2*1-2-4-5-3-1/h1-9,13,17,23H,10-12H2,(H,20,21,22);2*1-4H2. The van der Waals surface area contributed by atoms with E-state index < -0.39 is 5.79 Å². The predicted octanol–water partition coefficient (Wildman–Crippen LogP) is 3.99. The Balaban J connectivity index is 0.000000251. The van der Waals surface area contributed by atoms with Crippen LogP contribution in [0.1, 0.15) is 37.1 Å². The van der Waals surface area contributed by atoms with Crippen molar-refractivity contribution in [3.63, 3.8) is 0 Å². The number of nitrogens with one attached hydrogen (secondary N) is 1. The number of aromatic nitrogens is 3. The number of benzene rings is 2. The Bertz CT molecular complexity index is 953. The monoisotopic (exact) mass is 497 g/mol. The SMILES string of the molecule is C1CCOC1.C1CCOC1.OCC1COC(Cc2nc[nH]n2)(c2ccc(Oc3ccccc3)cc2)O1. The molecule has 3 fully saturated rings. The van der Waals surface area contributed by atoms with Crippen molar-refractivity contribution in [2.75, 3.05) is 39.6 Å². The van der Waals surface area contributed by atoms with Crippen LogP contribution in [0.15, 0.2) is 60.9 Å². The highest BCUT2D eigenvalue weighted by Crippen LogP contribution is 2.37. The summed E-state index contributed by atoms with van der Waals surface area (Å²) >= 11 is 0. The number of nitrogens with zero attached hydrogens (tertiary/aromatic N) is 2. The second-order valence-electron chi connectivity index (χ2n) is 8.66. The highest BCUT2D eigenvalue weighted by molar-refractivity contribution is 5.35. The number of hydrogen-bond donors (Lipinski definition) is 2. The van der Waals surface area contributed by atoms with Gasteiger partial charge in [0, 0.05) is 32.0 Å². The quantitative estimate of drug-likeness (QED) is 0.526. The van der Waals surface area contributed by atoms with Gasteiger partial charge in [-0.05, 0) is 62.1 Å². The van der Waals surface area contributed by atoms with Crippen molar-refractivity contribution in [3.8, 4) is 11.5 Å². The third kappa shape index (κ3) is 7.84. The zero-order chi connectivity index (χ0) is 24.9. The normalized spacial score (nSPS) is 22.9. The molecule has 1 aromatic heterocycles. The fourth-order valence-corrected chi connectivity index (χ4v) is 3.95. The maximum Gasteiger partial charge on any atom is 0.202 e. The van der Waals surface area contributed by atoms with E-state index in [-0.39, 0.29) is 12.7 Å². The lowest BCUT2D eigenvalue weighted by Crippen LogP contribution is -2.32. The van der Waals surface area contributed by atoms with Gasteiger partial charge in [0.15, 0.2) is 5.82 Å². The highest BCUT2D eigenvalue weighted by atomic mass is 16.7. The molecule has 194 valence electrons. The number of aliphatic hydroxyl groups excluding tert-OH is 1. The summed E-state index contributed by atoms with van der Waals surface area (Å²) in [5.41, 5.74) is 0.818. The molecule has 2 atom stereocenters. The van der Waals surface area contributed by atoms with Crippen molar-refractivity contribution in [1.29, 1.82) is 0 Å². The Kier molecular flexibility index (Phi) is 10.2. The van der Waals surface area contributed by atoms with Crippen LogP contribution in [0.3, 0.4) is 0 Å². The number of aromatic amines is 1. The summed E-state index contributed by atoms with van der Waals surface area (Å²) < 4.78 is 27.7. The summed E-state index contributed by atoms with van der Waals surface area (Å²) in [6.45, 7) is 4.20. The Morgan fingerprint density at radius 1 is 0.889 bits per heavy atom. The summed E-state index contributed by atoms with van der Waals surface area (Å²) in [6.07, 6.45) is 6.58. The van der Waals surface area contributed by atoms with Gasteiger partial charge in [-0.15, -0.1) is 0 Å². The van der Waals surface area contributed by atoms with Crippen LogP contribution in [0, 0.1) is 0 Å². The van der Waals surface area contributed by atoms with Crippen molar-refractivity contribution in [2.24, 2.45) is 0 Å². The summed E-state index contributed by atoms with van der Waals surface area (Å²) in [6, 6.07) is 17.1. The van der Waals surface area contributed by atoms with Crippen LogP contribution < -0.4 is 4.74 Å². The third-order valence-corrected chi connectivity index (χ3v) is 5.85. The summed E-state index contributed by atoms with van der Waals surface area (Å²) in [7, 11) is 0. The Labute approximate surface area is 211 Å².